The molecule has 2 aromatic rings. The van der Waals surface area contributed by atoms with Crippen LogP contribution in [0.1, 0.15) is 37.8 Å². The Labute approximate surface area is 129 Å². The van der Waals surface area contributed by atoms with Crippen LogP contribution in [-0.4, -0.2) is 28.4 Å². The number of thiazole rings is 1. The molecule has 4 nitrogen and oxygen atoms in total. The maximum absolute atomic E-state index is 12.2. The lowest BCUT2D eigenvalue weighted by atomic mass is 10.1. The highest BCUT2D eigenvalue weighted by atomic mass is 32.1. The second-order valence-corrected chi connectivity index (χ2v) is 6.71. The lowest BCUT2D eigenvalue weighted by molar-refractivity contribution is -0.133. The zero-order chi connectivity index (χ0) is 15.0. The molecule has 0 saturated carbocycles. The normalized spacial score (nSPS) is 17.1. The van der Waals surface area contributed by atoms with E-state index >= 15 is 0 Å². The van der Waals surface area contributed by atoms with Gasteiger partial charge in [-0.15, -0.1) is 0 Å². The van der Waals surface area contributed by atoms with Gasteiger partial charge in [-0.25, -0.2) is 4.98 Å². The first-order chi connectivity index (χ1) is 10.1. The van der Waals surface area contributed by atoms with Crippen LogP contribution in [0.2, 0.25) is 0 Å². The van der Waals surface area contributed by atoms with Gasteiger partial charge in [0.25, 0.3) is 0 Å². The van der Waals surface area contributed by atoms with E-state index in [0.29, 0.717) is 17.6 Å². The third kappa shape index (κ3) is 2.62. The SMILES string of the molecule is CCCN(C(=O)CC)C1Cc2cc3nc(N)sc3cc2C1. The summed E-state index contributed by atoms with van der Waals surface area (Å²) in [5.74, 6) is 0.263. The summed E-state index contributed by atoms with van der Waals surface area (Å²) >= 11 is 1.53. The van der Waals surface area contributed by atoms with E-state index in [1.165, 1.54) is 22.5 Å². The number of carbonyl (C=O) groups excluding carboxylic acids is 1. The first-order valence-electron chi connectivity index (χ1n) is 7.59. The van der Waals surface area contributed by atoms with Gasteiger partial charge in [0.15, 0.2) is 5.13 Å². The summed E-state index contributed by atoms with van der Waals surface area (Å²) in [6.45, 7) is 4.92. The Morgan fingerprint density at radius 1 is 1.38 bits per heavy atom. The molecule has 1 amide bonds. The van der Waals surface area contributed by atoms with Gasteiger partial charge in [-0.2, -0.15) is 0 Å². The highest BCUT2D eigenvalue weighted by Gasteiger charge is 2.29. The molecular formula is C16H21N3OS. The van der Waals surface area contributed by atoms with Crippen molar-refractivity contribution in [1.82, 2.24) is 9.88 Å². The minimum atomic E-state index is 0.263. The maximum Gasteiger partial charge on any atom is 0.222 e. The number of aromatic nitrogens is 1. The smallest absolute Gasteiger partial charge is 0.222 e. The third-order valence-corrected chi connectivity index (χ3v) is 5.01. The second kappa shape index (κ2) is 5.64. The van der Waals surface area contributed by atoms with Gasteiger partial charge in [0.1, 0.15) is 0 Å². The Balaban J connectivity index is 1.87. The molecule has 1 heterocycles. The molecule has 0 radical (unpaired) electrons. The fourth-order valence-electron chi connectivity index (χ4n) is 3.21. The number of nitrogens with two attached hydrogens (primary N) is 1. The molecule has 1 unspecified atom stereocenters. The molecule has 0 bridgehead atoms. The quantitative estimate of drug-likeness (QED) is 0.944. The van der Waals surface area contributed by atoms with Crippen LogP contribution in [0.3, 0.4) is 0 Å². The van der Waals surface area contributed by atoms with Crippen molar-refractivity contribution in [3.8, 4) is 0 Å². The first kappa shape index (κ1) is 14.3. The van der Waals surface area contributed by atoms with Gasteiger partial charge in [0.05, 0.1) is 10.2 Å². The van der Waals surface area contributed by atoms with Crippen molar-refractivity contribution in [3.05, 3.63) is 23.3 Å². The van der Waals surface area contributed by atoms with Crippen molar-refractivity contribution in [2.45, 2.75) is 45.6 Å². The first-order valence-corrected chi connectivity index (χ1v) is 8.41. The minimum absolute atomic E-state index is 0.263. The molecule has 1 aliphatic rings. The largest absolute Gasteiger partial charge is 0.375 e. The lowest BCUT2D eigenvalue weighted by Gasteiger charge is -2.28. The standard InChI is InChI=1S/C16H21N3OS/c1-3-5-19(15(20)4-2)12-6-10-8-13-14(9-11(10)7-12)21-16(17)18-13/h8-9,12H,3-7H2,1-2H3,(H2,17,18). The number of nitrogens with zero attached hydrogens (tertiary/aromatic N) is 2. The molecule has 0 spiro atoms. The molecule has 3 rings (SSSR count). The van der Waals surface area contributed by atoms with E-state index < -0.39 is 0 Å². The Kier molecular flexibility index (Phi) is 3.85. The van der Waals surface area contributed by atoms with E-state index in [1.807, 2.05) is 6.92 Å². The monoisotopic (exact) mass is 303 g/mol. The summed E-state index contributed by atoms with van der Waals surface area (Å²) in [4.78, 5) is 18.6. The number of hydrogen-bond acceptors (Lipinski definition) is 4. The molecule has 1 aromatic heterocycles. The van der Waals surface area contributed by atoms with E-state index in [1.54, 1.807) is 0 Å². The number of carbonyl (C=O) groups is 1. The Bertz CT molecular complexity index is 636. The summed E-state index contributed by atoms with van der Waals surface area (Å²) in [6, 6.07) is 4.67. The van der Waals surface area contributed by atoms with Crippen LogP contribution in [0.4, 0.5) is 5.13 Å². The van der Waals surface area contributed by atoms with Crippen LogP contribution >= 0.6 is 11.3 Å². The maximum atomic E-state index is 12.2. The highest BCUT2D eigenvalue weighted by Crippen LogP contribution is 2.33. The van der Waals surface area contributed by atoms with Crippen molar-refractivity contribution >= 4 is 32.6 Å². The predicted molar refractivity (Wildman–Crippen MR) is 87.5 cm³/mol. The number of benzene rings is 1. The molecule has 0 fully saturated rings. The van der Waals surface area contributed by atoms with Crippen molar-refractivity contribution in [2.24, 2.45) is 0 Å². The van der Waals surface area contributed by atoms with Crippen LogP contribution in [0, 0.1) is 0 Å². The van der Waals surface area contributed by atoms with Gasteiger partial charge >= 0.3 is 0 Å². The molecule has 2 N–H and O–H groups in total. The van der Waals surface area contributed by atoms with Crippen molar-refractivity contribution < 1.29 is 4.79 Å². The molecule has 0 aliphatic heterocycles. The lowest BCUT2D eigenvalue weighted by Crippen LogP contribution is -2.41. The number of amides is 1. The molecule has 0 saturated heterocycles. The Morgan fingerprint density at radius 2 is 2.10 bits per heavy atom. The number of fused-ring (bicyclic) bond motifs is 2. The molecule has 5 heteroatoms. The number of hydrogen-bond donors (Lipinski definition) is 1. The average molecular weight is 303 g/mol. The van der Waals surface area contributed by atoms with Crippen LogP contribution in [0.15, 0.2) is 12.1 Å². The molecular weight excluding hydrogens is 282 g/mol. The van der Waals surface area contributed by atoms with Gasteiger partial charge in [-0.3, -0.25) is 4.79 Å². The van der Waals surface area contributed by atoms with Crippen LogP contribution in [-0.2, 0) is 17.6 Å². The van der Waals surface area contributed by atoms with E-state index in [9.17, 15) is 4.79 Å². The zero-order valence-corrected chi connectivity index (χ0v) is 13.4. The Hall–Kier alpha value is -1.62. The van der Waals surface area contributed by atoms with Crippen molar-refractivity contribution in [2.75, 3.05) is 12.3 Å². The predicted octanol–water partition coefficient (Wildman–Crippen LogP) is 2.99. The summed E-state index contributed by atoms with van der Waals surface area (Å²) in [6.07, 6.45) is 3.48. The number of nitrogen functional groups attached to an aromatic ring is 1. The number of rotatable bonds is 4. The molecule has 1 aliphatic carbocycles. The third-order valence-electron chi connectivity index (χ3n) is 4.17. The number of anilines is 1. The fourth-order valence-corrected chi connectivity index (χ4v) is 3.99. The van der Waals surface area contributed by atoms with Gasteiger partial charge in [0, 0.05) is 19.0 Å². The van der Waals surface area contributed by atoms with Crippen LogP contribution in [0.5, 0.6) is 0 Å². The molecule has 112 valence electrons. The van der Waals surface area contributed by atoms with Gasteiger partial charge in [-0.1, -0.05) is 25.2 Å². The summed E-state index contributed by atoms with van der Waals surface area (Å²) in [7, 11) is 0. The molecule has 21 heavy (non-hydrogen) atoms. The van der Waals surface area contributed by atoms with Crippen LogP contribution in [0.25, 0.3) is 10.2 Å². The van der Waals surface area contributed by atoms with Gasteiger partial charge in [-0.05, 0) is 42.5 Å². The van der Waals surface area contributed by atoms with E-state index in [-0.39, 0.29) is 5.91 Å². The summed E-state index contributed by atoms with van der Waals surface area (Å²) in [5, 5.41) is 0.624. The molecule has 1 aromatic carbocycles. The zero-order valence-electron chi connectivity index (χ0n) is 12.6. The van der Waals surface area contributed by atoms with Gasteiger partial charge in [0.2, 0.25) is 5.91 Å². The minimum Gasteiger partial charge on any atom is -0.375 e. The fraction of sp³-hybridized carbons (Fsp3) is 0.500. The Morgan fingerprint density at radius 3 is 2.76 bits per heavy atom. The topological polar surface area (TPSA) is 59.2 Å². The van der Waals surface area contributed by atoms with Crippen LogP contribution < -0.4 is 5.73 Å². The van der Waals surface area contributed by atoms with E-state index in [2.05, 4.69) is 28.9 Å². The summed E-state index contributed by atoms with van der Waals surface area (Å²) < 4.78 is 1.15. The van der Waals surface area contributed by atoms with E-state index in [0.717, 1.165) is 36.0 Å². The van der Waals surface area contributed by atoms with Crippen molar-refractivity contribution in [1.29, 1.82) is 0 Å². The van der Waals surface area contributed by atoms with Gasteiger partial charge < -0.3 is 10.6 Å². The highest BCUT2D eigenvalue weighted by molar-refractivity contribution is 7.22. The molecule has 1 atom stereocenters. The second-order valence-electron chi connectivity index (χ2n) is 5.64. The van der Waals surface area contributed by atoms with E-state index in [4.69, 9.17) is 5.73 Å². The summed E-state index contributed by atoms with van der Waals surface area (Å²) in [5.41, 5.74) is 9.43. The van der Waals surface area contributed by atoms with Crippen molar-refractivity contribution in [3.63, 3.8) is 0 Å². The average Bonchev–Trinajstić information content (AvgIpc) is 3.02.